The van der Waals surface area contributed by atoms with Gasteiger partial charge >= 0.3 is 0 Å². The summed E-state index contributed by atoms with van der Waals surface area (Å²) >= 11 is 0. The molecule has 0 radical (unpaired) electrons. The van der Waals surface area contributed by atoms with Gasteiger partial charge in [0.15, 0.2) is 0 Å². The minimum atomic E-state index is -0.426. The average Bonchev–Trinajstić information content (AvgIpc) is 2.78. The molecule has 1 N–H and O–H groups in total. The minimum Gasteiger partial charge on any atom is -0.384 e. The summed E-state index contributed by atoms with van der Waals surface area (Å²) in [6, 6.07) is 10.2. The Kier molecular flexibility index (Phi) is 17.8. The number of benzene rings is 1. The predicted octanol–water partition coefficient (Wildman–Crippen LogP) is 9.71. The van der Waals surface area contributed by atoms with E-state index >= 15 is 0 Å². The van der Waals surface area contributed by atoms with E-state index in [0.717, 1.165) is 18.4 Å². The molecule has 0 amide bonds. The topological polar surface area (TPSA) is 20.2 Å². The van der Waals surface area contributed by atoms with Crippen LogP contribution in [0.4, 0.5) is 0 Å². The van der Waals surface area contributed by atoms with E-state index in [1.54, 1.807) is 0 Å². The van der Waals surface area contributed by atoms with Crippen molar-refractivity contribution in [1.82, 2.24) is 0 Å². The molecule has 0 heterocycles. The number of allylic oxidation sites excluding steroid dienone is 1. The molecule has 0 aromatic heterocycles. The molecule has 0 saturated carbocycles. The Morgan fingerprint density at radius 1 is 0.667 bits per heavy atom. The normalized spacial score (nSPS) is 13.0. The zero-order chi connectivity index (χ0) is 21.7. The zero-order valence-electron chi connectivity index (χ0n) is 20.2. The third kappa shape index (κ3) is 14.0. The van der Waals surface area contributed by atoms with Crippen molar-refractivity contribution in [1.29, 1.82) is 0 Å². The van der Waals surface area contributed by atoms with Gasteiger partial charge in [0.2, 0.25) is 0 Å². The fourth-order valence-corrected chi connectivity index (χ4v) is 4.23. The predicted molar refractivity (Wildman–Crippen MR) is 134 cm³/mol. The first-order chi connectivity index (χ1) is 14.8. The van der Waals surface area contributed by atoms with Crippen molar-refractivity contribution in [3.63, 3.8) is 0 Å². The lowest BCUT2D eigenvalue weighted by atomic mass is 9.94. The summed E-state index contributed by atoms with van der Waals surface area (Å²) in [5.41, 5.74) is 2.29. The van der Waals surface area contributed by atoms with Gasteiger partial charge in [0.25, 0.3) is 0 Å². The highest BCUT2D eigenvalue weighted by Gasteiger charge is 2.12. The molecular weight excluding hydrogens is 364 g/mol. The highest BCUT2D eigenvalue weighted by molar-refractivity contribution is 5.25. The van der Waals surface area contributed by atoms with Crippen molar-refractivity contribution in [2.24, 2.45) is 0 Å². The number of hydrogen-bond donors (Lipinski definition) is 1. The summed E-state index contributed by atoms with van der Waals surface area (Å²) in [7, 11) is 0. The van der Waals surface area contributed by atoms with Crippen LogP contribution < -0.4 is 0 Å². The second-order valence-electron chi connectivity index (χ2n) is 9.08. The molecule has 0 aliphatic rings. The van der Waals surface area contributed by atoms with E-state index in [-0.39, 0.29) is 0 Å². The third-order valence-corrected chi connectivity index (χ3v) is 6.25. The van der Waals surface area contributed by atoms with Gasteiger partial charge in [-0.2, -0.15) is 0 Å². The molecule has 1 aromatic rings. The van der Waals surface area contributed by atoms with Gasteiger partial charge in [-0.05, 0) is 36.8 Å². The lowest BCUT2D eigenvalue weighted by Crippen LogP contribution is -2.02. The molecule has 1 heteroatoms. The van der Waals surface area contributed by atoms with E-state index in [1.165, 1.54) is 108 Å². The average molecular weight is 415 g/mol. The molecule has 0 spiro atoms. The van der Waals surface area contributed by atoms with E-state index < -0.39 is 6.10 Å². The minimum absolute atomic E-state index is 0.426. The van der Waals surface area contributed by atoms with Crippen molar-refractivity contribution >= 4 is 0 Å². The molecule has 1 aromatic carbocycles. The molecule has 0 fully saturated rings. The van der Waals surface area contributed by atoms with Crippen LogP contribution in [0.5, 0.6) is 0 Å². The highest BCUT2D eigenvalue weighted by Crippen LogP contribution is 2.27. The molecular formula is C29H50O. The Hall–Kier alpha value is -1.08. The molecule has 1 nitrogen and oxygen atoms in total. The second kappa shape index (κ2) is 19.9. The quantitative estimate of drug-likeness (QED) is 0.166. The first-order valence-corrected chi connectivity index (χ1v) is 13.2. The van der Waals surface area contributed by atoms with E-state index in [0.29, 0.717) is 0 Å². The largest absolute Gasteiger partial charge is 0.384 e. The van der Waals surface area contributed by atoms with Crippen LogP contribution in [0.25, 0.3) is 0 Å². The summed E-state index contributed by atoms with van der Waals surface area (Å²) in [6.45, 7) is 4.56. The number of unbranched alkanes of at least 4 members (excludes halogenated alkanes) is 15. The van der Waals surface area contributed by atoms with Crippen LogP contribution in [0.1, 0.15) is 141 Å². The van der Waals surface area contributed by atoms with Gasteiger partial charge in [-0.3, -0.25) is 0 Å². The number of hydrogen-bond acceptors (Lipinski definition) is 1. The lowest BCUT2D eigenvalue weighted by molar-refractivity contribution is 0.210. The molecule has 0 aliphatic carbocycles. The Morgan fingerprint density at radius 3 is 1.67 bits per heavy atom. The van der Waals surface area contributed by atoms with Crippen LogP contribution >= 0.6 is 0 Å². The number of aliphatic hydroxyl groups excluding tert-OH is 1. The first kappa shape index (κ1) is 27.0. The van der Waals surface area contributed by atoms with Crippen molar-refractivity contribution in [2.45, 2.75) is 136 Å². The van der Waals surface area contributed by atoms with Crippen LogP contribution in [0.15, 0.2) is 42.0 Å². The summed E-state index contributed by atoms with van der Waals surface area (Å²) in [6.07, 6.45) is 25.7. The van der Waals surface area contributed by atoms with Gasteiger partial charge in [-0.25, -0.2) is 0 Å². The molecule has 1 unspecified atom stereocenters. The van der Waals surface area contributed by atoms with Crippen LogP contribution in [-0.4, -0.2) is 5.11 Å². The fourth-order valence-electron chi connectivity index (χ4n) is 4.23. The molecule has 0 aliphatic heterocycles. The third-order valence-electron chi connectivity index (χ3n) is 6.25. The number of aliphatic hydroxyl groups is 1. The van der Waals surface area contributed by atoms with Crippen LogP contribution in [0.3, 0.4) is 0 Å². The van der Waals surface area contributed by atoms with Crippen molar-refractivity contribution < 1.29 is 5.11 Å². The van der Waals surface area contributed by atoms with Gasteiger partial charge in [0.1, 0.15) is 6.10 Å². The maximum absolute atomic E-state index is 10.9. The zero-order valence-corrected chi connectivity index (χ0v) is 20.2. The Morgan fingerprint density at radius 2 is 1.13 bits per heavy atom. The van der Waals surface area contributed by atoms with Crippen molar-refractivity contribution in [3.05, 3.63) is 47.5 Å². The van der Waals surface area contributed by atoms with Gasteiger partial charge in [0, 0.05) is 0 Å². The second-order valence-corrected chi connectivity index (χ2v) is 9.08. The summed E-state index contributed by atoms with van der Waals surface area (Å²) < 4.78 is 0. The Balaban J connectivity index is 2.34. The summed E-state index contributed by atoms with van der Waals surface area (Å²) in [5.74, 6) is 0. The maximum Gasteiger partial charge on any atom is 0.100 e. The summed E-state index contributed by atoms with van der Waals surface area (Å²) in [5, 5.41) is 10.9. The Bertz CT molecular complexity index is 504. The number of rotatable bonds is 20. The Labute approximate surface area is 188 Å². The van der Waals surface area contributed by atoms with Gasteiger partial charge in [0.05, 0.1) is 0 Å². The molecule has 172 valence electrons. The van der Waals surface area contributed by atoms with Crippen molar-refractivity contribution in [2.75, 3.05) is 0 Å². The standard InChI is InChI=1S/C29H50O/c1-3-5-7-9-11-13-15-17-20-24-27(29(30)28-25-21-18-22-26-28)23-19-16-14-12-10-8-6-4-2/h18,21-22,24-26,29-30H,3-17,19-20,23H2,1-2H3/b27-24-. The SMILES string of the molecule is CCCCCCCCCC/C=C(/CCCCCCCCCC)C(O)c1ccccc1. The fraction of sp³-hybridized carbons (Fsp3) is 0.724. The van der Waals surface area contributed by atoms with E-state index in [9.17, 15) is 5.11 Å². The van der Waals surface area contributed by atoms with Crippen LogP contribution in [0.2, 0.25) is 0 Å². The highest BCUT2D eigenvalue weighted by atomic mass is 16.3. The molecule has 30 heavy (non-hydrogen) atoms. The summed E-state index contributed by atoms with van der Waals surface area (Å²) in [4.78, 5) is 0. The van der Waals surface area contributed by atoms with Crippen molar-refractivity contribution in [3.8, 4) is 0 Å². The molecule has 1 atom stereocenters. The van der Waals surface area contributed by atoms with Gasteiger partial charge < -0.3 is 5.11 Å². The first-order valence-electron chi connectivity index (χ1n) is 13.2. The molecule has 0 bridgehead atoms. The van der Waals surface area contributed by atoms with E-state index in [4.69, 9.17) is 0 Å². The monoisotopic (exact) mass is 414 g/mol. The van der Waals surface area contributed by atoms with E-state index in [2.05, 4.69) is 32.1 Å². The maximum atomic E-state index is 10.9. The van der Waals surface area contributed by atoms with Crippen LogP contribution in [-0.2, 0) is 0 Å². The molecule has 1 rings (SSSR count). The molecule has 0 saturated heterocycles. The van der Waals surface area contributed by atoms with Gasteiger partial charge in [-0.15, -0.1) is 0 Å². The van der Waals surface area contributed by atoms with Gasteiger partial charge in [-0.1, -0.05) is 140 Å². The smallest absolute Gasteiger partial charge is 0.100 e. The lowest BCUT2D eigenvalue weighted by Gasteiger charge is -2.16. The van der Waals surface area contributed by atoms with E-state index in [1.807, 2.05) is 18.2 Å². The van der Waals surface area contributed by atoms with Crippen LogP contribution in [0, 0.1) is 0 Å².